The maximum absolute atomic E-state index is 2.47. The maximum Gasteiger partial charge on any atom is 0.0159 e. The minimum atomic E-state index is -0.0676. The first-order valence-electron chi connectivity index (χ1n) is 12.4. The van der Waals surface area contributed by atoms with Crippen LogP contribution in [0.1, 0.15) is 49.9 Å². The van der Waals surface area contributed by atoms with Crippen LogP contribution in [-0.4, -0.2) is 0 Å². The highest BCUT2D eigenvalue weighted by Crippen LogP contribution is 2.59. The van der Waals surface area contributed by atoms with Crippen LogP contribution < -0.4 is 0 Å². The van der Waals surface area contributed by atoms with Crippen molar-refractivity contribution < 1.29 is 0 Å². The van der Waals surface area contributed by atoms with E-state index in [2.05, 4.69) is 113 Å². The van der Waals surface area contributed by atoms with Crippen LogP contribution in [0.4, 0.5) is 0 Å². The smallest absolute Gasteiger partial charge is 0.0159 e. The lowest BCUT2D eigenvalue weighted by Gasteiger charge is -2.43. The molecular formula is C34H26. The minimum Gasteiger partial charge on any atom is -0.0616 e. The zero-order chi connectivity index (χ0) is 23.0. The van der Waals surface area contributed by atoms with Crippen LogP contribution in [0, 0.1) is 0 Å². The van der Waals surface area contributed by atoms with Gasteiger partial charge in [0.05, 0.1) is 0 Å². The highest BCUT2D eigenvalue weighted by atomic mass is 14.4. The highest BCUT2D eigenvalue weighted by molar-refractivity contribution is 6.23. The van der Waals surface area contributed by atoms with Gasteiger partial charge in [0.15, 0.2) is 0 Å². The molecule has 0 radical (unpaired) electrons. The lowest BCUT2D eigenvalue weighted by atomic mass is 9.59. The second-order valence-corrected chi connectivity index (χ2v) is 11.4. The molecule has 0 heteroatoms. The Morgan fingerprint density at radius 3 is 1.26 bits per heavy atom. The normalized spacial score (nSPS) is 16.7. The van der Waals surface area contributed by atoms with Gasteiger partial charge in [0, 0.05) is 10.8 Å². The third-order valence-corrected chi connectivity index (χ3v) is 8.99. The van der Waals surface area contributed by atoms with Crippen molar-refractivity contribution in [3.05, 3.63) is 107 Å². The molecule has 0 nitrogen and oxygen atoms in total. The van der Waals surface area contributed by atoms with Crippen molar-refractivity contribution >= 4 is 43.1 Å². The van der Waals surface area contributed by atoms with E-state index in [1.807, 2.05) is 0 Å². The molecule has 0 aliphatic heterocycles. The van der Waals surface area contributed by atoms with Crippen LogP contribution in [-0.2, 0) is 10.8 Å². The zero-order valence-electron chi connectivity index (χ0n) is 20.1. The quantitative estimate of drug-likeness (QED) is 0.209. The first kappa shape index (κ1) is 18.7. The largest absolute Gasteiger partial charge is 0.0616 e. The molecule has 0 unspecified atom stereocenters. The third-order valence-electron chi connectivity index (χ3n) is 8.99. The van der Waals surface area contributed by atoms with Crippen molar-refractivity contribution in [2.75, 3.05) is 0 Å². The van der Waals surface area contributed by atoms with Crippen LogP contribution in [0.5, 0.6) is 0 Å². The summed E-state index contributed by atoms with van der Waals surface area (Å²) in [5.41, 5.74) is 8.67. The van der Waals surface area contributed by atoms with E-state index in [9.17, 15) is 0 Å². The van der Waals surface area contributed by atoms with Gasteiger partial charge in [-0.3, -0.25) is 0 Å². The zero-order valence-corrected chi connectivity index (χ0v) is 20.1. The SMILES string of the molecule is CC1(C)c2ccc3c4c(cc5ccccc53)C(C)(C)c3ccc5c(c1cc1ccccc15)c3-c24. The van der Waals surface area contributed by atoms with Gasteiger partial charge < -0.3 is 0 Å². The van der Waals surface area contributed by atoms with Crippen LogP contribution in [0.2, 0.25) is 0 Å². The molecular weight excluding hydrogens is 408 g/mol. The summed E-state index contributed by atoms with van der Waals surface area (Å²) in [5.74, 6) is 0. The summed E-state index contributed by atoms with van der Waals surface area (Å²) in [6.45, 7) is 9.68. The Hall–Kier alpha value is -3.64. The van der Waals surface area contributed by atoms with Gasteiger partial charge in [-0.1, -0.05) is 100 Å². The predicted octanol–water partition coefficient (Wildman–Crippen LogP) is 9.24. The van der Waals surface area contributed by atoms with Crippen molar-refractivity contribution in [1.82, 2.24) is 0 Å². The Morgan fingerprint density at radius 2 is 0.824 bits per heavy atom. The molecule has 34 heavy (non-hydrogen) atoms. The molecule has 0 bridgehead atoms. The average molecular weight is 435 g/mol. The molecule has 0 amide bonds. The van der Waals surface area contributed by atoms with Gasteiger partial charge in [-0.15, -0.1) is 0 Å². The summed E-state index contributed by atoms with van der Waals surface area (Å²) in [6, 6.07) is 32.4. The fourth-order valence-corrected chi connectivity index (χ4v) is 7.24. The molecule has 8 rings (SSSR count). The predicted molar refractivity (Wildman–Crippen MR) is 146 cm³/mol. The highest BCUT2D eigenvalue weighted by Gasteiger charge is 2.42. The molecule has 0 aromatic heterocycles. The summed E-state index contributed by atoms with van der Waals surface area (Å²) in [4.78, 5) is 0. The first-order valence-corrected chi connectivity index (χ1v) is 12.4. The average Bonchev–Trinajstić information content (AvgIpc) is 2.85. The van der Waals surface area contributed by atoms with Crippen molar-refractivity contribution in [2.24, 2.45) is 0 Å². The van der Waals surface area contributed by atoms with Crippen molar-refractivity contribution in [1.29, 1.82) is 0 Å². The molecule has 6 aromatic rings. The Kier molecular flexibility index (Phi) is 3.14. The molecule has 0 fully saturated rings. The van der Waals surface area contributed by atoms with Crippen LogP contribution in [0.15, 0.2) is 84.9 Å². The summed E-state index contributed by atoms with van der Waals surface area (Å²) in [6.07, 6.45) is 0. The first-order chi connectivity index (χ1) is 16.4. The van der Waals surface area contributed by atoms with Gasteiger partial charge in [-0.2, -0.15) is 0 Å². The second-order valence-electron chi connectivity index (χ2n) is 11.4. The number of rotatable bonds is 0. The fraction of sp³-hybridized carbons (Fsp3) is 0.176. The fourth-order valence-electron chi connectivity index (χ4n) is 7.24. The van der Waals surface area contributed by atoms with E-state index < -0.39 is 0 Å². The number of hydrogen-bond acceptors (Lipinski definition) is 0. The summed E-state index contributed by atoms with van der Waals surface area (Å²) >= 11 is 0. The Labute approximate surface area is 199 Å². The van der Waals surface area contributed by atoms with Gasteiger partial charge >= 0.3 is 0 Å². The molecule has 0 saturated carbocycles. The molecule has 2 aliphatic rings. The molecule has 162 valence electrons. The van der Waals surface area contributed by atoms with E-state index >= 15 is 0 Å². The van der Waals surface area contributed by atoms with Crippen molar-refractivity contribution in [3.63, 3.8) is 0 Å². The van der Waals surface area contributed by atoms with E-state index in [4.69, 9.17) is 0 Å². The number of benzene rings is 6. The number of hydrogen-bond donors (Lipinski definition) is 0. The van der Waals surface area contributed by atoms with E-state index in [0.717, 1.165) is 0 Å². The third kappa shape index (κ3) is 1.95. The lowest BCUT2D eigenvalue weighted by Crippen LogP contribution is -2.30. The van der Waals surface area contributed by atoms with E-state index in [-0.39, 0.29) is 10.8 Å². The topological polar surface area (TPSA) is 0 Å². The molecule has 2 aliphatic carbocycles. The monoisotopic (exact) mass is 434 g/mol. The minimum absolute atomic E-state index is 0.0676. The molecule has 0 heterocycles. The Morgan fingerprint density at radius 1 is 0.412 bits per heavy atom. The summed E-state index contributed by atoms with van der Waals surface area (Å²) in [5, 5.41) is 11.1. The molecule has 6 aromatic carbocycles. The van der Waals surface area contributed by atoms with Crippen LogP contribution in [0.3, 0.4) is 0 Å². The second kappa shape index (κ2) is 5.70. The van der Waals surface area contributed by atoms with Crippen molar-refractivity contribution in [2.45, 2.75) is 38.5 Å². The Bertz CT molecular complexity index is 1750. The van der Waals surface area contributed by atoms with Gasteiger partial charge in [0.2, 0.25) is 0 Å². The Balaban J connectivity index is 1.72. The van der Waals surface area contributed by atoms with Gasteiger partial charge in [-0.25, -0.2) is 0 Å². The van der Waals surface area contributed by atoms with E-state index in [1.54, 1.807) is 0 Å². The lowest BCUT2D eigenvalue weighted by molar-refractivity contribution is 0.628. The van der Waals surface area contributed by atoms with Crippen molar-refractivity contribution in [3.8, 4) is 11.1 Å². The summed E-state index contributed by atoms with van der Waals surface area (Å²) in [7, 11) is 0. The standard InChI is InChI=1S/C34H26/c1-33(2)25-15-13-24-22-12-8-6-10-20(22)18-28-30(24)31(25)32-26(34(28,3)4)16-14-23-21-11-7-5-9-19(21)17-27(33)29(23)32/h5-18H,1-4H3. The maximum atomic E-state index is 2.47. The molecule has 0 saturated heterocycles. The van der Waals surface area contributed by atoms with Crippen LogP contribution >= 0.6 is 0 Å². The van der Waals surface area contributed by atoms with E-state index in [0.29, 0.717) is 0 Å². The van der Waals surface area contributed by atoms with E-state index in [1.165, 1.54) is 76.5 Å². The van der Waals surface area contributed by atoms with Gasteiger partial charge in [0.25, 0.3) is 0 Å². The van der Waals surface area contributed by atoms with Crippen LogP contribution in [0.25, 0.3) is 54.2 Å². The van der Waals surface area contributed by atoms with Gasteiger partial charge in [0.1, 0.15) is 0 Å². The number of fused-ring (bicyclic) bond motifs is 4. The van der Waals surface area contributed by atoms with Gasteiger partial charge in [-0.05, 0) is 88.6 Å². The molecule has 0 atom stereocenters. The summed E-state index contributed by atoms with van der Waals surface area (Å²) < 4.78 is 0. The molecule has 0 spiro atoms. The molecule has 0 N–H and O–H groups in total.